The number of thiazole rings is 1. The third-order valence-corrected chi connectivity index (χ3v) is 7.34. The Bertz CT molecular complexity index is 1130. The summed E-state index contributed by atoms with van der Waals surface area (Å²) >= 11 is 1.16. The molecule has 29 heavy (non-hydrogen) atoms. The number of halogens is 1. The van der Waals surface area contributed by atoms with Gasteiger partial charge in [-0.05, 0) is 25.5 Å². The molecule has 2 aliphatic heterocycles. The van der Waals surface area contributed by atoms with E-state index in [9.17, 15) is 22.4 Å². The first-order chi connectivity index (χ1) is 13.7. The van der Waals surface area contributed by atoms with Gasteiger partial charge in [-0.15, -0.1) is 11.3 Å². The van der Waals surface area contributed by atoms with Gasteiger partial charge in [0.2, 0.25) is 5.91 Å². The summed E-state index contributed by atoms with van der Waals surface area (Å²) in [6.45, 7) is 1.56. The van der Waals surface area contributed by atoms with Gasteiger partial charge >= 0.3 is 0 Å². The van der Waals surface area contributed by atoms with E-state index >= 15 is 0 Å². The van der Waals surface area contributed by atoms with E-state index in [0.29, 0.717) is 23.4 Å². The molecule has 0 saturated carbocycles. The van der Waals surface area contributed by atoms with E-state index in [1.165, 1.54) is 12.1 Å². The standard InChI is InChI=1S/C18H17FN4O4S2/c1-10-15(17(25)23(22-10)13-5-6-29(26,27)9-13)16(24)21-18-20-14(8-28-18)11-3-2-4-12(19)7-11/h2-4,7-8,13,15H,5-6,9H2,1H3,(H,20,21,24)/t13-,15+/m1/s1. The zero-order valence-corrected chi connectivity index (χ0v) is 17.0. The predicted molar refractivity (Wildman–Crippen MR) is 107 cm³/mol. The van der Waals surface area contributed by atoms with Crippen molar-refractivity contribution in [1.29, 1.82) is 0 Å². The van der Waals surface area contributed by atoms with Gasteiger partial charge in [-0.25, -0.2) is 22.8 Å². The number of sulfone groups is 1. The molecule has 2 aliphatic rings. The van der Waals surface area contributed by atoms with E-state index in [1.807, 2.05) is 0 Å². The summed E-state index contributed by atoms with van der Waals surface area (Å²) in [5, 5.41) is 9.83. The monoisotopic (exact) mass is 436 g/mol. The SMILES string of the molecule is CC1=NN([C@@H]2CCS(=O)(=O)C2)C(=O)[C@@H]1C(=O)Nc1nc(-c2cccc(F)c2)cs1. The lowest BCUT2D eigenvalue weighted by Crippen LogP contribution is -2.40. The van der Waals surface area contributed by atoms with E-state index in [4.69, 9.17) is 0 Å². The Morgan fingerprint density at radius 3 is 2.86 bits per heavy atom. The summed E-state index contributed by atoms with van der Waals surface area (Å²) in [5.41, 5.74) is 1.38. The molecule has 0 bridgehead atoms. The zero-order chi connectivity index (χ0) is 20.8. The molecule has 1 fully saturated rings. The maximum absolute atomic E-state index is 13.4. The maximum Gasteiger partial charge on any atom is 0.261 e. The first kappa shape index (κ1) is 19.6. The number of anilines is 1. The number of rotatable bonds is 4. The van der Waals surface area contributed by atoms with Crippen molar-refractivity contribution in [2.75, 3.05) is 16.8 Å². The highest BCUT2D eigenvalue weighted by molar-refractivity contribution is 7.91. The number of carbonyl (C=O) groups excluding carboxylic acids is 2. The molecule has 1 saturated heterocycles. The topological polar surface area (TPSA) is 109 Å². The highest BCUT2D eigenvalue weighted by Crippen LogP contribution is 2.28. The van der Waals surface area contributed by atoms with E-state index in [1.54, 1.807) is 24.4 Å². The van der Waals surface area contributed by atoms with Crippen molar-refractivity contribution in [3.63, 3.8) is 0 Å². The molecule has 152 valence electrons. The highest BCUT2D eigenvalue weighted by Gasteiger charge is 2.45. The van der Waals surface area contributed by atoms with Gasteiger partial charge in [-0.1, -0.05) is 12.1 Å². The third-order valence-electron chi connectivity index (χ3n) is 4.83. The van der Waals surface area contributed by atoms with Gasteiger partial charge in [0.1, 0.15) is 5.82 Å². The molecule has 1 N–H and O–H groups in total. The fraction of sp³-hybridized carbons (Fsp3) is 0.333. The van der Waals surface area contributed by atoms with E-state index in [2.05, 4.69) is 15.4 Å². The van der Waals surface area contributed by atoms with Crippen LogP contribution in [0.3, 0.4) is 0 Å². The average molecular weight is 436 g/mol. The van der Waals surface area contributed by atoms with Crippen molar-refractivity contribution in [1.82, 2.24) is 9.99 Å². The molecule has 2 atom stereocenters. The molecule has 0 aliphatic carbocycles. The normalized spacial score (nSPS) is 23.3. The van der Waals surface area contributed by atoms with Crippen LogP contribution in [-0.4, -0.2) is 53.5 Å². The first-order valence-corrected chi connectivity index (χ1v) is 11.5. The Kier molecular flexibility index (Phi) is 4.95. The Hall–Kier alpha value is -2.66. The molecular formula is C18H17FN4O4S2. The van der Waals surface area contributed by atoms with Crippen LogP contribution in [0.4, 0.5) is 9.52 Å². The van der Waals surface area contributed by atoms with Crippen molar-refractivity contribution in [3.8, 4) is 11.3 Å². The van der Waals surface area contributed by atoms with Crippen LogP contribution in [0.1, 0.15) is 13.3 Å². The number of benzene rings is 1. The number of nitrogens with zero attached hydrogens (tertiary/aromatic N) is 3. The van der Waals surface area contributed by atoms with Crippen molar-refractivity contribution < 1.29 is 22.4 Å². The summed E-state index contributed by atoms with van der Waals surface area (Å²) in [4.78, 5) is 29.7. The minimum Gasteiger partial charge on any atom is -0.301 e. The van der Waals surface area contributed by atoms with Gasteiger partial charge in [0.05, 0.1) is 29.0 Å². The minimum absolute atomic E-state index is 0.00878. The largest absolute Gasteiger partial charge is 0.301 e. The quantitative estimate of drug-likeness (QED) is 0.737. The molecule has 4 rings (SSSR count). The van der Waals surface area contributed by atoms with Crippen LogP contribution in [0.15, 0.2) is 34.7 Å². The average Bonchev–Trinajstić information content (AvgIpc) is 3.32. The minimum atomic E-state index is -3.19. The number of aromatic nitrogens is 1. The van der Waals surface area contributed by atoms with Crippen molar-refractivity contribution >= 4 is 43.8 Å². The van der Waals surface area contributed by atoms with Crippen LogP contribution >= 0.6 is 11.3 Å². The fourth-order valence-corrected chi connectivity index (χ4v) is 5.82. The van der Waals surface area contributed by atoms with Crippen molar-refractivity contribution in [3.05, 3.63) is 35.5 Å². The molecule has 0 unspecified atom stereocenters. The number of hydrazone groups is 1. The van der Waals surface area contributed by atoms with Crippen LogP contribution in [-0.2, 0) is 19.4 Å². The van der Waals surface area contributed by atoms with Gasteiger partial charge in [0, 0.05) is 10.9 Å². The van der Waals surface area contributed by atoms with Crippen LogP contribution in [0.5, 0.6) is 0 Å². The summed E-state index contributed by atoms with van der Waals surface area (Å²) in [6, 6.07) is 5.39. The number of hydrogen-bond acceptors (Lipinski definition) is 7. The Labute approximate surface area is 170 Å². The van der Waals surface area contributed by atoms with E-state index < -0.39 is 39.4 Å². The summed E-state index contributed by atoms with van der Waals surface area (Å²) in [6.07, 6.45) is 0.308. The van der Waals surface area contributed by atoms with Gasteiger partial charge < -0.3 is 5.32 Å². The Balaban J connectivity index is 1.47. The smallest absolute Gasteiger partial charge is 0.261 e. The van der Waals surface area contributed by atoms with Crippen LogP contribution in [0.25, 0.3) is 11.3 Å². The predicted octanol–water partition coefficient (Wildman–Crippen LogP) is 1.91. The van der Waals surface area contributed by atoms with Crippen LogP contribution < -0.4 is 5.32 Å². The number of nitrogens with one attached hydrogen (secondary N) is 1. The zero-order valence-electron chi connectivity index (χ0n) is 15.3. The lowest BCUT2D eigenvalue weighted by Gasteiger charge is -2.19. The lowest BCUT2D eigenvalue weighted by atomic mass is 10.0. The fourth-order valence-electron chi connectivity index (χ4n) is 3.41. The molecule has 0 spiro atoms. The number of amides is 2. The maximum atomic E-state index is 13.4. The second kappa shape index (κ2) is 7.30. The second-order valence-corrected chi connectivity index (χ2v) is 10.0. The third kappa shape index (κ3) is 3.92. The number of hydrogen-bond donors (Lipinski definition) is 1. The molecule has 8 nitrogen and oxygen atoms in total. The Morgan fingerprint density at radius 2 is 2.17 bits per heavy atom. The van der Waals surface area contributed by atoms with Crippen LogP contribution in [0.2, 0.25) is 0 Å². The van der Waals surface area contributed by atoms with E-state index in [-0.39, 0.29) is 16.6 Å². The molecule has 1 aromatic heterocycles. The Morgan fingerprint density at radius 1 is 1.38 bits per heavy atom. The lowest BCUT2D eigenvalue weighted by molar-refractivity contribution is -0.137. The van der Waals surface area contributed by atoms with Gasteiger partial charge in [0.15, 0.2) is 20.9 Å². The second-order valence-electron chi connectivity index (χ2n) is 6.95. The van der Waals surface area contributed by atoms with Crippen molar-refractivity contribution in [2.24, 2.45) is 11.0 Å². The van der Waals surface area contributed by atoms with Crippen LogP contribution in [0, 0.1) is 11.7 Å². The van der Waals surface area contributed by atoms with Gasteiger partial charge in [-0.3, -0.25) is 9.59 Å². The van der Waals surface area contributed by atoms with Gasteiger partial charge in [-0.2, -0.15) is 5.10 Å². The molecule has 1 aromatic carbocycles. The molecule has 0 radical (unpaired) electrons. The first-order valence-electron chi connectivity index (χ1n) is 8.84. The van der Waals surface area contributed by atoms with Crippen molar-refractivity contribution in [2.45, 2.75) is 19.4 Å². The molecule has 11 heteroatoms. The molecular weight excluding hydrogens is 419 g/mol. The molecule has 2 aromatic rings. The summed E-state index contributed by atoms with van der Waals surface area (Å²) in [5.74, 6) is -2.77. The van der Waals surface area contributed by atoms with E-state index in [0.717, 1.165) is 16.3 Å². The summed E-state index contributed by atoms with van der Waals surface area (Å²) < 4.78 is 36.8. The highest BCUT2D eigenvalue weighted by atomic mass is 32.2. The molecule has 3 heterocycles. The van der Waals surface area contributed by atoms with Gasteiger partial charge in [0.25, 0.3) is 5.91 Å². The number of carbonyl (C=O) groups is 2. The molecule has 2 amide bonds. The summed E-state index contributed by atoms with van der Waals surface area (Å²) in [7, 11) is -3.19.